The standard InChI is InChI=1S/C14H17Cl2NO3S/c1-14(2,13(19)20)8-17-12(18)7-21-6-9-3-4-10(15)5-11(9)16/h3-5H,6-8H2,1-2H3,(H,17,18)(H,19,20). The molecule has 0 atom stereocenters. The van der Waals surface area contributed by atoms with Gasteiger partial charge >= 0.3 is 5.97 Å². The topological polar surface area (TPSA) is 66.4 Å². The lowest BCUT2D eigenvalue weighted by Gasteiger charge is -2.19. The number of amides is 1. The normalized spacial score (nSPS) is 11.2. The van der Waals surface area contributed by atoms with E-state index < -0.39 is 11.4 Å². The SMILES string of the molecule is CC(C)(CNC(=O)CSCc1ccc(Cl)cc1Cl)C(=O)O. The fourth-order valence-electron chi connectivity index (χ4n) is 1.34. The number of carboxylic acid groups (broad SMARTS) is 1. The highest BCUT2D eigenvalue weighted by atomic mass is 35.5. The average Bonchev–Trinajstić information content (AvgIpc) is 2.39. The van der Waals surface area contributed by atoms with E-state index in [0.717, 1.165) is 5.56 Å². The molecule has 2 N–H and O–H groups in total. The molecule has 1 aromatic rings. The van der Waals surface area contributed by atoms with Crippen LogP contribution in [0.25, 0.3) is 0 Å². The van der Waals surface area contributed by atoms with Crippen LogP contribution in [0.3, 0.4) is 0 Å². The molecule has 0 heterocycles. The van der Waals surface area contributed by atoms with Crippen molar-refractivity contribution in [2.75, 3.05) is 12.3 Å². The summed E-state index contributed by atoms with van der Waals surface area (Å²) in [4.78, 5) is 22.6. The van der Waals surface area contributed by atoms with Crippen LogP contribution >= 0.6 is 35.0 Å². The van der Waals surface area contributed by atoms with Gasteiger partial charge in [0.05, 0.1) is 11.2 Å². The van der Waals surface area contributed by atoms with Crippen LogP contribution in [0.15, 0.2) is 18.2 Å². The van der Waals surface area contributed by atoms with Crippen LogP contribution in [0.5, 0.6) is 0 Å². The molecule has 0 aliphatic rings. The second-order valence-corrected chi connectivity index (χ2v) is 7.02. The van der Waals surface area contributed by atoms with Crippen molar-refractivity contribution >= 4 is 46.8 Å². The summed E-state index contributed by atoms with van der Waals surface area (Å²) < 4.78 is 0. The van der Waals surface area contributed by atoms with E-state index in [1.807, 2.05) is 6.07 Å². The molecule has 1 rings (SSSR count). The van der Waals surface area contributed by atoms with E-state index in [-0.39, 0.29) is 18.2 Å². The van der Waals surface area contributed by atoms with Crippen molar-refractivity contribution in [2.45, 2.75) is 19.6 Å². The number of nitrogens with one attached hydrogen (secondary N) is 1. The number of hydrogen-bond acceptors (Lipinski definition) is 3. The monoisotopic (exact) mass is 349 g/mol. The minimum absolute atomic E-state index is 0.101. The number of carboxylic acids is 1. The maximum absolute atomic E-state index is 11.7. The molecular weight excluding hydrogens is 333 g/mol. The van der Waals surface area contributed by atoms with E-state index in [1.54, 1.807) is 26.0 Å². The highest BCUT2D eigenvalue weighted by molar-refractivity contribution is 7.99. The van der Waals surface area contributed by atoms with Gasteiger partial charge in [0.2, 0.25) is 5.91 Å². The van der Waals surface area contributed by atoms with Gasteiger partial charge in [0.25, 0.3) is 0 Å². The van der Waals surface area contributed by atoms with Gasteiger partial charge in [0.15, 0.2) is 0 Å². The molecule has 0 aliphatic heterocycles. The predicted octanol–water partition coefficient (Wildman–Crippen LogP) is 3.45. The molecule has 4 nitrogen and oxygen atoms in total. The van der Waals surface area contributed by atoms with E-state index in [1.165, 1.54) is 11.8 Å². The third-order valence-electron chi connectivity index (χ3n) is 2.81. The van der Waals surface area contributed by atoms with Gasteiger partial charge in [-0.1, -0.05) is 29.3 Å². The zero-order valence-corrected chi connectivity index (χ0v) is 14.1. The number of carbonyl (C=O) groups excluding carboxylic acids is 1. The summed E-state index contributed by atoms with van der Waals surface area (Å²) in [5, 5.41) is 12.7. The Morgan fingerprint density at radius 2 is 2.00 bits per heavy atom. The first kappa shape index (κ1) is 18.1. The van der Waals surface area contributed by atoms with Gasteiger partial charge in [-0.15, -0.1) is 11.8 Å². The molecule has 7 heteroatoms. The molecule has 0 unspecified atom stereocenters. The number of rotatable bonds is 7. The Morgan fingerprint density at radius 1 is 1.33 bits per heavy atom. The molecule has 1 amide bonds. The molecule has 0 aromatic heterocycles. The lowest BCUT2D eigenvalue weighted by atomic mass is 9.94. The Hall–Kier alpha value is -0.910. The second kappa shape index (κ2) is 7.92. The summed E-state index contributed by atoms with van der Waals surface area (Å²) in [6.45, 7) is 3.23. The van der Waals surface area contributed by atoms with Gasteiger partial charge in [0, 0.05) is 22.3 Å². The highest BCUT2D eigenvalue weighted by Gasteiger charge is 2.27. The quantitative estimate of drug-likeness (QED) is 0.790. The summed E-state index contributed by atoms with van der Waals surface area (Å²) in [7, 11) is 0. The first-order valence-electron chi connectivity index (χ1n) is 6.24. The molecular formula is C14H17Cl2NO3S. The fourth-order valence-corrected chi connectivity index (χ4v) is 2.75. The van der Waals surface area contributed by atoms with Gasteiger partial charge in [-0.3, -0.25) is 9.59 Å². The van der Waals surface area contributed by atoms with Gasteiger partial charge < -0.3 is 10.4 Å². The number of benzene rings is 1. The van der Waals surface area contributed by atoms with Crippen molar-refractivity contribution in [3.05, 3.63) is 33.8 Å². The third-order valence-corrected chi connectivity index (χ3v) is 4.38. The molecule has 0 radical (unpaired) electrons. The molecule has 0 bridgehead atoms. The number of aliphatic carboxylic acids is 1. The summed E-state index contributed by atoms with van der Waals surface area (Å²) >= 11 is 13.3. The van der Waals surface area contributed by atoms with Crippen LogP contribution < -0.4 is 5.32 Å². The summed E-state index contributed by atoms with van der Waals surface area (Å²) in [5.41, 5.74) is -0.0652. The van der Waals surface area contributed by atoms with Crippen LogP contribution in [0.1, 0.15) is 19.4 Å². The van der Waals surface area contributed by atoms with Gasteiger partial charge in [-0.25, -0.2) is 0 Å². The van der Waals surface area contributed by atoms with Crippen molar-refractivity contribution in [1.82, 2.24) is 5.32 Å². The predicted molar refractivity (Wildman–Crippen MR) is 87.1 cm³/mol. The van der Waals surface area contributed by atoms with Gasteiger partial charge in [0.1, 0.15) is 0 Å². The van der Waals surface area contributed by atoms with E-state index in [9.17, 15) is 9.59 Å². The van der Waals surface area contributed by atoms with Gasteiger partial charge in [-0.2, -0.15) is 0 Å². The minimum Gasteiger partial charge on any atom is -0.481 e. The Labute approximate surface area is 138 Å². The number of halogens is 2. The molecule has 0 fully saturated rings. The average molecular weight is 350 g/mol. The van der Waals surface area contributed by atoms with Crippen LogP contribution in [0.4, 0.5) is 0 Å². The lowest BCUT2D eigenvalue weighted by Crippen LogP contribution is -2.39. The summed E-state index contributed by atoms with van der Waals surface area (Å²) in [6, 6.07) is 5.23. The third kappa shape index (κ3) is 6.16. The van der Waals surface area contributed by atoms with E-state index in [0.29, 0.717) is 15.8 Å². The van der Waals surface area contributed by atoms with E-state index in [4.69, 9.17) is 28.3 Å². The van der Waals surface area contributed by atoms with Crippen LogP contribution in [0.2, 0.25) is 10.0 Å². The molecule has 0 saturated carbocycles. The number of thioether (sulfide) groups is 1. The molecule has 116 valence electrons. The number of hydrogen-bond donors (Lipinski definition) is 2. The van der Waals surface area contributed by atoms with Gasteiger partial charge in [-0.05, 0) is 31.5 Å². The van der Waals surface area contributed by atoms with Crippen molar-refractivity contribution in [1.29, 1.82) is 0 Å². The van der Waals surface area contributed by atoms with Crippen molar-refractivity contribution in [3.63, 3.8) is 0 Å². The Morgan fingerprint density at radius 3 is 2.57 bits per heavy atom. The summed E-state index contributed by atoms with van der Waals surface area (Å²) in [5.74, 6) is -0.303. The van der Waals surface area contributed by atoms with E-state index in [2.05, 4.69) is 5.32 Å². The molecule has 0 saturated heterocycles. The molecule has 1 aromatic carbocycles. The fraction of sp³-hybridized carbons (Fsp3) is 0.429. The van der Waals surface area contributed by atoms with Crippen molar-refractivity contribution in [3.8, 4) is 0 Å². The Kier molecular flexibility index (Phi) is 6.84. The smallest absolute Gasteiger partial charge is 0.310 e. The zero-order valence-electron chi connectivity index (χ0n) is 11.8. The maximum Gasteiger partial charge on any atom is 0.310 e. The van der Waals surface area contributed by atoms with Crippen LogP contribution in [-0.2, 0) is 15.3 Å². The van der Waals surface area contributed by atoms with Crippen LogP contribution in [-0.4, -0.2) is 29.3 Å². The van der Waals surface area contributed by atoms with E-state index >= 15 is 0 Å². The maximum atomic E-state index is 11.7. The molecule has 21 heavy (non-hydrogen) atoms. The Balaban J connectivity index is 2.35. The lowest BCUT2D eigenvalue weighted by molar-refractivity contribution is -0.146. The first-order chi connectivity index (χ1) is 9.72. The molecule has 0 spiro atoms. The number of carbonyl (C=O) groups is 2. The zero-order chi connectivity index (χ0) is 16.0. The largest absolute Gasteiger partial charge is 0.481 e. The summed E-state index contributed by atoms with van der Waals surface area (Å²) in [6.07, 6.45) is 0. The van der Waals surface area contributed by atoms with Crippen LogP contribution in [0, 0.1) is 5.41 Å². The Bertz CT molecular complexity index is 535. The van der Waals surface area contributed by atoms with Crippen molar-refractivity contribution in [2.24, 2.45) is 5.41 Å². The first-order valence-corrected chi connectivity index (χ1v) is 8.15. The van der Waals surface area contributed by atoms with Crippen molar-refractivity contribution < 1.29 is 14.7 Å². The second-order valence-electron chi connectivity index (χ2n) is 5.19. The highest BCUT2D eigenvalue weighted by Crippen LogP contribution is 2.24. The molecule has 0 aliphatic carbocycles. The minimum atomic E-state index is -0.972.